The second-order valence-corrected chi connectivity index (χ2v) is 7.64. The molecule has 0 spiro atoms. The van der Waals surface area contributed by atoms with E-state index in [0.717, 1.165) is 0 Å². The first-order valence-corrected chi connectivity index (χ1v) is 9.45. The van der Waals surface area contributed by atoms with Crippen LogP contribution in [0.2, 0.25) is 0 Å². The van der Waals surface area contributed by atoms with Crippen molar-refractivity contribution in [2.75, 3.05) is 19.1 Å². The number of ether oxygens (including phenoxy) is 1. The van der Waals surface area contributed by atoms with Crippen LogP contribution in [0.4, 0.5) is 8.78 Å². The molecule has 0 aliphatic carbocycles. The summed E-state index contributed by atoms with van der Waals surface area (Å²) in [6.07, 6.45) is 1.62. The number of hydrogen-bond donors (Lipinski definition) is 2. The monoisotopic (exact) mass is 491 g/mol. The van der Waals surface area contributed by atoms with Crippen molar-refractivity contribution >= 4 is 39.8 Å². The van der Waals surface area contributed by atoms with Gasteiger partial charge in [-0.25, -0.2) is 8.42 Å². The Bertz CT molecular complexity index is 657. The molecule has 144 valence electrons. The van der Waals surface area contributed by atoms with Crippen molar-refractivity contribution in [1.29, 1.82) is 0 Å². The van der Waals surface area contributed by atoms with Gasteiger partial charge in [0.25, 0.3) is 0 Å². The van der Waals surface area contributed by atoms with E-state index in [-0.39, 0.29) is 48.1 Å². The predicted octanol–water partition coefficient (Wildman–Crippen LogP) is 2.39. The summed E-state index contributed by atoms with van der Waals surface area (Å²) in [5.41, 5.74) is 0.560. The van der Waals surface area contributed by atoms with E-state index in [2.05, 4.69) is 20.4 Å². The van der Waals surface area contributed by atoms with Crippen LogP contribution in [-0.2, 0) is 16.4 Å². The topological polar surface area (TPSA) is 79.8 Å². The van der Waals surface area contributed by atoms with Crippen molar-refractivity contribution in [1.82, 2.24) is 10.6 Å². The second-order valence-electron chi connectivity index (χ2n) is 5.38. The zero-order valence-corrected chi connectivity index (χ0v) is 17.5. The molecule has 0 aliphatic rings. The quantitative estimate of drug-likeness (QED) is 0.332. The van der Waals surface area contributed by atoms with E-state index >= 15 is 0 Å². The lowest BCUT2D eigenvalue weighted by molar-refractivity contribution is -0.0504. The van der Waals surface area contributed by atoms with Gasteiger partial charge in [-0.3, -0.25) is 4.99 Å². The summed E-state index contributed by atoms with van der Waals surface area (Å²) in [6.45, 7) is -0.813. The molecule has 0 saturated carbocycles. The molecule has 10 heteroatoms. The maximum Gasteiger partial charge on any atom is 0.387 e. The minimum atomic E-state index is -3.02. The van der Waals surface area contributed by atoms with Gasteiger partial charge in [0.2, 0.25) is 0 Å². The SMILES string of the molecule is CN=C(NCc1ccccc1OC(F)F)NC(C)CCS(C)(=O)=O.I. The zero-order chi connectivity index (χ0) is 18.2. The molecule has 6 nitrogen and oxygen atoms in total. The number of nitrogens with one attached hydrogen (secondary N) is 2. The van der Waals surface area contributed by atoms with Crippen molar-refractivity contribution in [3.05, 3.63) is 29.8 Å². The van der Waals surface area contributed by atoms with Crippen molar-refractivity contribution in [2.24, 2.45) is 4.99 Å². The molecule has 2 N–H and O–H groups in total. The van der Waals surface area contributed by atoms with Crippen molar-refractivity contribution in [3.8, 4) is 5.75 Å². The van der Waals surface area contributed by atoms with Crippen molar-refractivity contribution in [2.45, 2.75) is 32.5 Å². The van der Waals surface area contributed by atoms with E-state index in [1.807, 2.05) is 6.92 Å². The highest BCUT2D eigenvalue weighted by Crippen LogP contribution is 2.19. The Morgan fingerprint density at radius 3 is 2.52 bits per heavy atom. The highest BCUT2D eigenvalue weighted by molar-refractivity contribution is 14.0. The van der Waals surface area contributed by atoms with Crippen LogP contribution < -0.4 is 15.4 Å². The molecule has 0 saturated heterocycles. The summed E-state index contributed by atoms with van der Waals surface area (Å²) in [6, 6.07) is 6.36. The third-order valence-electron chi connectivity index (χ3n) is 3.16. The zero-order valence-electron chi connectivity index (χ0n) is 14.3. The maximum absolute atomic E-state index is 12.4. The molecule has 0 heterocycles. The Morgan fingerprint density at radius 2 is 1.96 bits per heavy atom. The summed E-state index contributed by atoms with van der Waals surface area (Å²) >= 11 is 0. The van der Waals surface area contributed by atoms with Gasteiger partial charge in [-0.1, -0.05) is 18.2 Å². The minimum absolute atomic E-state index is 0. The van der Waals surface area contributed by atoms with Gasteiger partial charge in [0, 0.05) is 31.5 Å². The van der Waals surface area contributed by atoms with Gasteiger partial charge in [0.1, 0.15) is 15.6 Å². The fourth-order valence-electron chi connectivity index (χ4n) is 1.93. The predicted molar refractivity (Wildman–Crippen MR) is 106 cm³/mol. The summed E-state index contributed by atoms with van der Waals surface area (Å²) in [4.78, 5) is 4.03. The second kappa shape index (κ2) is 11.4. The van der Waals surface area contributed by atoms with E-state index in [1.165, 1.54) is 12.3 Å². The number of benzene rings is 1. The number of para-hydroxylation sites is 1. The average molecular weight is 491 g/mol. The Hall–Kier alpha value is -1.17. The van der Waals surface area contributed by atoms with E-state index < -0.39 is 16.4 Å². The molecular weight excluding hydrogens is 467 g/mol. The number of nitrogens with zero attached hydrogens (tertiary/aromatic N) is 1. The first kappa shape index (κ1) is 23.8. The fourth-order valence-corrected chi connectivity index (χ4v) is 2.71. The van der Waals surface area contributed by atoms with Crippen LogP contribution in [-0.4, -0.2) is 46.1 Å². The van der Waals surface area contributed by atoms with Crippen LogP contribution in [0.5, 0.6) is 5.75 Å². The van der Waals surface area contributed by atoms with Crippen LogP contribution in [0.1, 0.15) is 18.9 Å². The normalized spacial score (nSPS) is 13.1. The largest absolute Gasteiger partial charge is 0.434 e. The molecule has 0 radical (unpaired) electrons. The van der Waals surface area contributed by atoms with E-state index in [9.17, 15) is 17.2 Å². The molecule has 0 aliphatic heterocycles. The molecule has 0 fully saturated rings. The molecule has 1 rings (SSSR count). The Labute approximate surface area is 164 Å². The highest BCUT2D eigenvalue weighted by atomic mass is 127. The first-order chi connectivity index (χ1) is 11.2. The number of guanidine groups is 1. The van der Waals surface area contributed by atoms with Gasteiger partial charge in [0.05, 0.1) is 5.75 Å². The van der Waals surface area contributed by atoms with Crippen LogP contribution in [0.3, 0.4) is 0 Å². The maximum atomic E-state index is 12.4. The lowest BCUT2D eigenvalue weighted by Gasteiger charge is -2.18. The molecule has 0 amide bonds. The Morgan fingerprint density at radius 1 is 1.32 bits per heavy atom. The van der Waals surface area contributed by atoms with Gasteiger partial charge < -0.3 is 15.4 Å². The van der Waals surface area contributed by atoms with Gasteiger partial charge in [-0.05, 0) is 19.4 Å². The molecule has 0 aromatic heterocycles. The molecule has 1 aromatic carbocycles. The smallest absolute Gasteiger partial charge is 0.387 e. The number of sulfone groups is 1. The number of halogens is 3. The standard InChI is InChI=1S/C15H23F2N3O3S.HI/c1-11(8-9-24(3,21)22)20-15(18-2)19-10-12-6-4-5-7-13(12)23-14(16)17;/h4-7,11,14H,8-10H2,1-3H3,(H2,18,19,20);1H. The van der Waals surface area contributed by atoms with Gasteiger partial charge in [0.15, 0.2) is 5.96 Å². The average Bonchev–Trinajstić information content (AvgIpc) is 2.49. The summed E-state index contributed by atoms with van der Waals surface area (Å²) < 4.78 is 51.6. The minimum Gasteiger partial charge on any atom is -0.434 e. The molecule has 0 bridgehead atoms. The van der Waals surface area contributed by atoms with Crippen LogP contribution in [0, 0.1) is 0 Å². The van der Waals surface area contributed by atoms with E-state index in [4.69, 9.17) is 0 Å². The molecular formula is C15H24F2IN3O3S. The Kier molecular flexibility index (Phi) is 10.9. The van der Waals surface area contributed by atoms with Crippen molar-refractivity contribution < 1.29 is 21.9 Å². The van der Waals surface area contributed by atoms with Gasteiger partial charge >= 0.3 is 6.61 Å². The first-order valence-electron chi connectivity index (χ1n) is 7.39. The highest BCUT2D eigenvalue weighted by Gasteiger charge is 2.11. The van der Waals surface area contributed by atoms with Crippen LogP contribution in [0.15, 0.2) is 29.3 Å². The third-order valence-corrected chi connectivity index (χ3v) is 4.14. The molecule has 25 heavy (non-hydrogen) atoms. The number of alkyl halides is 2. The number of rotatable bonds is 8. The number of aliphatic imine (C=N–C) groups is 1. The van der Waals surface area contributed by atoms with E-state index in [1.54, 1.807) is 25.2 Å². The van der Waals surface area contributed by atoms with Crippen LogP contribution in [0.25, 0.3) is 0 Å². The van der Waals surface area contributed by atoms with Gasteiger partial charge in [-0.2, -0.15) is 8.78 Å². The molecule has 1 unspecified atom stereocenters. The van der Waals surface area contributed by atoms with E-state index in [0.29, 0.717) is 17.9 Å². The molecule has 1 aromatic rings. The third kappa shape index (κ3) is 10.4. The summed E-state index contributed by atoms with van der Waals surface area (Å²) in [5.74, 6) is 0.617. The Balaban J connectivity index is 0.00000576. The van der Waals surface area contributed by atoms with Crippen molar-refractivity contribution in [3.63, 3.8) is 0 Å². The van der Waals surface area contributed by atoms with Gasteiger partial charge in [-0.15, -0.1) is 24.0 Å². The summed E-state index contributed by atoms with van der Waals surface area (Å²) in [7, 11) is -1.45. The van der Waals surface area contributed by atoms with Crippen LogP contribution >= 0.6 is 24.0 Å². The fraction of sp³-hybridized carbons (Fsp3) is 0.533. The lowest BCUT2D eigenvalue weighted by Crippen LogP contribution is -2.42. The summed E-state index contributed by atoms with van der Waals surface area (Å²) in [5, 5.41) is 6.05. The lowest BCUT2D eigenvalue weighted by atomic mass is 10.2. The molecule has 1 atom stereocenters. The number of hydrogen-bond acceptors (Lipinski definition) is 4.